The predicted molar refractivity (Wildman–Crippen MR) is 83.1 cm³/mol. The van der Waals surface area contributed by atoms with Crippen LogP contribution in [-0.4, -0.2) is 18.5 Å². The normalized spacial score (nSPS) is 21.9. The molecule has 1 aromatic rings. The van der Waals surface area contributed by atoms with E-state index in [1.807, 2.05) is 12.1 Å². The van der Waals surface area contributed by atoms with Crippen molar-refractivity contribution in [2.45, 2.75) is 38.1 Å². The molecule has 1 aromatic carbocycles. The van der Waals surface area contributed by atoms with Crippen LogP contribution in [0.5, 0.6) is 0 Å². The summed E-state index contributed by atoms with van der Waals surface area (Å²) in [6.07, 6.45) is 4.45. The zero-order valence-electron chi connectivity index (χ0n) is 11.4. The molecule has 2 rings (SSSR count). The van der Waals surface area contributed by atoms with Crippen molar-refractivity contribution in [2.24, 2.45) is 11.7 Å². The molecular weight excluding hydrogens is 295 g/mol. The molecule has 0 bridgehead atoms. The van der Waals surface area contributed by atoms with E-state index >= 15 is 0 Å². The van der Waals surface area contributed by atoms with E-state index < -0.39 is 0 Å². The molecule has 0 spiro atoms. The summed E-state index contributed by atoms with van der Waals surface area (Å²) in [5.74, 6) is 0.412. The van der Waals surface area contributed by atoms with Crippen LogP contribution in [0.25, 0.3) is 0 Å². The van der Waals surface area contributed by atoms with Crippen molar-refractivity contribution in [3.8, 4) is 0 Å². The average molecular weight is 315 g/mol. The Bertz CT molecular complexity index is 479. The largest absolute Gasteiger partial charge is 0.356 e. The molecule has 0 aliphatic heterocycles. The van der Waals surface area contributed by atoms with Crippen molar-refractivity contribution in [3.63, 3.8) is 0 Å². The molecule has 20 heavy (non-hydrogen) atoms. The van der Waals surface area contributed by atoms with Gasteiger partial charge in [0.1, 0.15) is 0 Å². The van der Waals surface area contributed by atoms with E-state index in [4.69, 9.17) is 28.9 Å². The molecule has 0 heterocycles. The van der Waals surface area contributed by atoms with Gasteiger partial charge >= 0.3 is 0 Å². The van der Waals surface area contributed by atoms with Crippen LogP contribution < -0.4 is 11.1 Å². The number of carbonyl (C=O) groups excluding carboxylic acids is 1. The Kier molecular flexibility index (Phi) is 5.70. The molecule has 1 aliphatic rings. The van der Waals surface area contributed by atoms with Crippen molar-refractivity contribution in [1.29, 1.82) is 0 Å². The lowest BCUT2D eigenvalue weighted by atomic mass is 10.00. The highest BCUT2D eigenvalue weighted by molar-refractivity contribution is 6.42. The van der Waals surface area contributed by atoms with Gasteiger partial charge < -0.3 is 11.1 Å². The Morgan fingerprint density at radius 3 is 2.85 bits per heavy atom. The van der Waals surface area contributed by atoms with Crippen molar-refractivity contribution in [2.75, 3.05) is 6.54 Å². The van der Waals surface area contributed by atoms with Gasteiger partial charge in [0.05, 0.1) is 10.0 Å². The number of amides is 1. The molecule has 0 radical (unpaired) electrons. The minimum Gasteiger partial charge on any atom is -0.356 e. The lowest BCUT2D eigenvalue weighted by Gasteiger charge is -2.15. The maximum atomic E-state index is 11.9. The van der Waals surface area contributed by atoms with Gasteiger partial charge in [-0.3, -0.25) is 4.79 Å². The summed E-state index contributed by atoms with van der Waals surface area (Å²) in [5.41, 5.74) is 6.93. The minimum atomic E-state index is 0.0745. The van der Waals surface area contributed by atoms with Gasteiger partial charge in [-0.2, -0.15) is 0 Å². The van der Waals surface area contributed by atoms with Crippen LogP contribution in [0, 0.1) is 5.92 Å². The third kappa shape index (κ3) is 4.11. The standard InChI is InChI=1S/C15H20Cl2N2O/c16-12-5-1-3-10(15(12)17)7-8-19-14(20)9-11-4-2-6-13(11)18/h1,3,5,11,13H,2,4,6-9,18H2,(H,19,20)/t11-,13+/m0/s1. The number of hydrogen-bond acceptors (Lipinski definition) is 2. The Morgan fingerprint density at radius 1 is 1.35 bits per heavy atom. The maximum absolute atomic E-state index is 11.9. The second-order valence-corrected chi connectivity index (χ2v) is 6.16. The number of halogens is 2. The first-order valence-electron chi connectivity index (χ1n) is 7.03. The average Bonchev–Trinajstić information content (AvgIpc) is 2.80. The first kappa shape index (κ1) is 15.6. The molecule has 1 amide bonds. The molecule has 1 fully saturated rings. The highest BCUT2D eigenvalue weighted by Gasteiger charge is 2.25. The van der Waals surface area contributed by atoms with Gasteiger partial charge in [-0.1, -0.05) is 41.8 Å². The third-order valence-electron chi connectivity index (χ3n) is 3.91. The molecule has 0 unspecified atom stereocenters. The van der Waals surface area contributed by atoms with Gasteiger partial charge in [0.2, 0.25) is 5.91 Å². The molecule has 1 aliphatic carbocycles. The van der Waals surface area contributed by atoms with Gasteiger partial charge in [-0.25, -0.2) is 0 Å². The summed E-state index contributed by atoms with van der Waals surface area (Å²) in [6, 6.07) is 5.73. The number of rotatable bonds is 5. The Labute approximate surface area is 129 Å². The third-order valence-corrected chi connectivity index (χ3v) is 4.77. The quantitative estimate of drug-likeness (QED) is 0.877. The molecule has 2 atom stereocenters. The summed E-state index contributed by atoms with van der Waals surface area (Å²) in [4.78, 5) is 11.9. The second-order valence-electron chi connectivity index (χ2n) is 5.37. The van der Waals surface area contributed by atoms with Crippen LogP contribution in [0.4, 0.5) is 0 Å². The molecule has 3 N–H and O–H groups in total. The molecule has 3 nitrogen and oxygen atoms in total. The number of nitrogens with one attached hydrogen (secondary N) is 1. The van der Waals surface area contributed by atoms with E-state index in [0.717, 1.165) is 24.8 Å². The fourth-order valence-corrected chi connectivity index (χ4v) is 3.12. The van der Waals surface area contributed by atoms with Crippen LogP contribution >= 0.6 is 23.2 Å². The lowest BCUT2D eigenvalue weighted by molar-refractivity contribution is -0.122. The van der Waals surface area contributed by atoms with Crippen LogP contribution in [0.3, 0.4) is 0 Å². The molecular formula is C15H20Cl2N2O. The highest BCUT2D eigenvalue weighted by atomic mass is 35.5. The topological polar surface area (TPSA) is 55.1 Å². The minimum absolute atomic E-state index is 0.0745. The molecule has 0 saturated heterocycles. The summed E-state index contributed by atoms with van der Waals surface area (Å²) >= 11 is 12.1. The molecule has 110 valence electrons. The first-order chi connectivity index (χ1) is 9.58. The summed E-state index contributed by atoms with van der Waals surface area (Å²) in [5, 5.41) is 4.05. The van der Waals surface area contributed by atoms with Crippen LogP contribution in [0.2, 0.25) is 10.0 Å². The van der Waals surface area contributed by atoms with Crippen molar-refractivity contribution in [1.82, 2.24) is 5.32 Å². The van der Waals surface area contributed by atoms with E-state index in [1.54, 1.807) is 6.07 Å². The number of nitrogens with two attached hydrogens (primary N) is 1. The Hall–Kier alpha value is -0.770. The van der Waals surface area contributed by atoms with Crippen LogP contribution in [0.1, 0.15) is 31.2 Å². The zero-order chi connectivity index (χ0) is 14.5. The maximum Gasteiger partial charge on any atom is 0.220 e. The number of carbonyl (C=O) groups is 1. The Balaban J connectivity index is 1.75. The fraction of sp³-hybridized carbons (Fsp3) is 0.533. The monoisotopic (exact) mass is 314 g/mol. The highest BCUT2D eigenvalue weighted by Crippen LogP contribution is 2.27. The van der Waals surface area contributed by atoms with Gasteiger partial charge in [0.15, 0.2) is 0 Å². The van der Waals surface area contributed by atoms with Gasteiger partial charge in [-0.05, 0) is 36.8 Å². The Morgan fingerprint density at radius 2 is 2.15 bits per heavy atom. The van der Waals surface area contributed by atoms with E-state index in [-0.39, 0.29) is 11.9 Å². The van der Waals surface area contributed by atoms with Crippen molar-refractivity contribution < 1.29 is 4.79 Å². The molecule has 1 saturated carbocycles. The number of hydrogen-bond donors (Lipinski definition) is 2. The van der Waals surface area contributed by atoms with E-state index in [1.165, 1.54) is 0 Å². The number of benzene rings is 1. The second kappa shape index (κ2) is 7.30. The lowest BCUT2D eigenvalue weighted by Crippen LogP contribution is -2.32. The molecule has 5 heteroatoms. The smallest absolute Gasteiger partial charge is 0.220 e. The van der Waals surface area contributed by atoms with Crippen LogP contribution in [-0.2, 0) is 11.2 Å². The van der Waals surface area contributed by atoms with Gasteiger partial charge in [0, 0.05) is 19.0 Å². The van der Waals surface area contributed by atoms with E-state index in [0.29, 0.717) is 35.3 Å². The van der Waals surface area contributed by atoms with Crippen molar-refractivity contribution in [3.05, 3.63) is 33.8 Å². The summed E-state index contributed by atoms with van der Waals surface area (Å²) in [7, 11) is 0. The summed E-state index contributed by atoms with van der Waals surface area (Å²) in [6.45, 7) is 0.570. The predicted octanol–water partition coefficient (Wildman–Crippen LogP) is 3.17. The van der Waals surface area contributed by atoms with Crippen LogP contribution in [0.15, 0.2) is 18.2 Å². The molecule has 0 aromatic heterocycles. The van der Waals surface area contributed by atoms with Gasteiger partial charge in [0.25, 0.3) is 0 Å². The van der Waals surface area contributed by atoms with Gasteiger partial charge in [-0.15, -0.1) is 0 Å². The van der Waals surface area contributed by atoms with E-state index in [2.05, 4.69) is 5.32 Å². The summed E-state index contributed by atoms with van der Waals surface area (Å²) < 4.78 is 0. The van der Waals surface area contributed by atoms with E-state index in [9.17, 15) is 4.79 Å². The first-order valence-corrected chi connectivity index (χ1v) is 7.78. The fourth-order valence-electron chi connectivity index (χ4n) is 2.71. The van der Waals surface area contributed by atoms with Crippen molar-refractivity contribution >= 4 is 29.1 Å². The zero-order valence-corrected chi connectivity index (χ0v) is 12.9. The SMILES string of the molecule is N[C@@H]1CCC[C@H]1CC(=O)NCCc1cccc(Cl)c1Cl.